The number of hydrogen-bond acceptors (Lipinski definition) is 3. The second kappa shape index (κ2) is 5.96. The van der Waals surface area contributed by atoms with Gasteiger partial charge in [0.25, 0.3) is 0 Å². The van der Waals surface area contributed by atoms with Crippen LogP contribution in [0.25, 0.3) is 11.0 Å². The van der Waals surface area contributed by atoms with Gasteiger partial charge in [-0.2, -0.15) is 0 Å². The number of benzene rings is 1. The molecule has 1 heterocycles. The van der Waals surface area contributed by atoms with Crippen LogP contribution in [0.2, 0.25) is 0 Å². The number of carbonyl (C=O) groups excluding carboxylic acids is 1. The maximum absolute atomic E-state index is 12.2. The number of nitrogens with zero attached hydrogens (tertiary/aromatic N) is 1. The number of imidazole rings is 1. The lowest BCUT2D eigenvalue weighted by Crippen LogP contribution is -2.28. The van der Waals surface area contributed by atoms with Crippen molar-refractivity contribution in [3.8, 4) is 0 Å². The minimum atomic E-state index is 0.0606. The van der Waals surface area contributed by atoms with Crippen LogP contribution in [0.5, 0.6) is 0 Å². The Morgan fingerprint density at radius 1 is 1.26 bits per heavy atom. The molecule has 4 rings (SSSR count). The summed E-state index contributed by atoms with van der Waals surface area (Å²) in [7, 11) is 0. The second-order valence-corrected chi connectivity index (χ2v) is 7.09. The van der Waals surface area contributed by atoms with E-state index in [1.54, 1.807) is 0 Å². The van der Waals surface area contributed by atoms with Gasteiger partial charge in [0.1, 0.15) is 5.82 Å². The summed E-state index contributed by atoms with van der Waals surface area (Å²) in [6.45, 7) is 0. The third kappa shape index (κ3) is 2.98. The highest BCUT2D eigenvalue weighted by Crippen LogP contribution is 2.35. The number of nitrogens with two attached hydrogens (primary N) is 1. The summed E-state index contributed by atoms with van der Waals surface area (Å²) in [5, 5.41) is 3.01. The Bertz CT molecular complexity index is 719. The molecule has 0 radical (unpaired) electrons. The van der Waals surface area contributed by atoms with Crippen molar-refractivity contribution in [3.05, 3.63) is 24.0 Å². The first-order valence-electron chi connectivity index (χ1n) is 8.74. The lowest BCUT2D eigenvalue weighted by atomic mass is 9.85. The number of carbonyl (C=O) groups is 1. The quantitative estimate of drug-likeness (QED) is 0.810. The normalized spacial score (nSPS) is 24.7. The Hall–Kier alpha value is -1.88. The maximum atomic E-state index is 12.2. The van der Waals surface area contributed by atoms with Gasteiger partial charge in [-0.3, -0.25) is 4.79 Å². The second-order valence-electron chi connectivity index (χ2n) is 7.09. The molecule has 2 fully saturated rings. The number of hydrogen-bond donors (Lipinski definition) is 3. The predicted octanol–water partition coefficient (Wildman–Crippen LogP) is 3.29. The minimum Gasteiger partial charge on any atom is -0.342 e. The van der Waals surface area contributed by atoms with Gasteiger partial charge in [0.15, 0.2) is 0 Å². The number of rotatable bonds is 4. The van der Waals surface area contributed by atoms with Crippen LogP contribution in [0.1, 0.15) is 56.7 Å². The van der Waals surface area contributed by atoms with E-state index in [0.717, 1.165) is 41.8 Å². The van der Waals surface area contributed by atoms with E-state index in [2.05, 4.69) is 15.3 Å². The molecule has 1 aromatic heterocycles. The number of amides is 1. The SMILES string of the molecule is N[C@@H]1CCC[C@H]1CC(=O)Nc1ccc2nc(C3CCC3)[nH]c2c1. The zero-order chi connectivity index (χ0) is 15.8. The largest absolute Gasteiger partial charge is 0.342 e. The van der Waals surface area contributed by atoms with Crippen molar-refractivity contribution in [2.75, 3.05) is 5.32 Å². The molecule has 1 amide bonds. The van der Waals surface area contributed by atoms with Gasteiger partial charge in [0.05, 0.1) is 11.0 Å². The molecule has 5 heteroatoms. The molecule has 2 aliphatic carbocycles. The molecule has 2 atom stereocenters. The van der Waals surface area contributed by atoms with Crippen LogP contribution < -0.4 is 11.1 Å². The van der Waals surface area contributed by atoms with Crippen LogP contribution in [-0.4, -0.2) is 21.9 Å². The fourth-order valence-corrected chi connectivity index (χ4v) is 3.75. The number of nitrogens with one attached hydrogen (secondary N) is 2. The van der Waals surface area contributed by atoms with E-state index in [9.17, 15) is 4.79 Å². The van der Waals surface area contributed by atoms with Crippen LogP contribution in [-0.2, 0) is 4.79 Å². The Morgan fingerprint density at radius 2 is 2.09 bits per heavy atom. The Kier molecular flexibility index (Phi) is 3.81. The molecule has 0 aliphatic heterocycles. The van der Waals surface area contributed by atoms with Gasteiger partial charge in [-0.25, -0.2) is 4.98 Å². The lowest BCUT2D eigenvalue weighted by Gasteiger charge is -2.22. The van der Waals surface area contributed by atoms with E-state index in [1.165, 1.54) is 19.3 Å². The molecule has 2 aliphatic rings. The summed E-state index contributed by atoms with van der Waals surface area (Å²) in [5.41, 5.74) is 8.86. The van der Waals surface area contributed by atoms with Crippen LogP contribution in [0.4, 0.5) is 5.69 Å². The van der Waals surface area contributed by atoms with Crippen LogP contribution >= 0.6 is 0 Å². The molecule has 1 aromatic carbocycles. The first-order chi connectivity index (χ1) is 11.2. The molecule has 5 nitrogen and oxygen atoms in total. The van der Waals surface area contributed by atoms with Crippen LogP contribution in [0.3, 0.4) is 0 Å². The van der Waals surface area contributed by atoms with Crippen molar-refractivity contribution in [1.29, 1.82) is 0 Å². The van der Waals surface area contributed by atoms with E-state index >= 15 is 0 Å². The summed E-state index contributed by atoms with van der Waals surface area (Å²) in [4.78, 5) is 20.3. The molecular formula is C18H24N4O. The summed E-state index contributed by atoms with van der Waals surface area (Å²) in [5.74, 6) is 2.07. The maximum Gasteiger partial charge on any atom is 0.224 e. The first-order valence-corrected chi connectivity index (χ1v) is 8.74. The molecule has 0 saturated heterocycles. The van der Waals surface area contributed by atoms with E-state index in [4.69, 9.17) is 5.73 Å². The van der Waals surface area contributed by atoms with Gasteiger partial charge >= 0.3 is 0 Å². The first kappa shape index (κ1) is 14.7. The molecule has 0 bridgehead atoms. The molecule has 0 unspecified atom stereocenters. The number of aromatic amines is 1. The van der Waals surface area contributed by atoms with E-state index in [0.29, 0.717) is 18.3 Å². The standard InChI is InChI=1S/C18H24N4O/c19-14-6-2-5-12(14)9-17(23)20-13-7-8-15-16(10-13)22-18(21-15)11-3-1-4-11/h7-8,10-12,14H,1-6,9,19H2,(H,20,23)(H,21,22)/t12-,14+/m0/s1. The molecular weight excluding hydrogens is 288 g/mol. The average molecular weight is 312 g/mol. The molecule has 2 aromatic rings. The smallest absolute Gasteiger partial charge is 0.224 e. The Morgan fingerprint density at radius 3 is 2.78 bits per heavy atom. The van der Waals surface area contributed by atoms with E-state index < -0.39 is 0 Å². The fraction of sp³-hybridized carbons (Fsp3) is 0.556. The Labute approximate surface area is 136 Å². The summed E-state index contributed by atoms with van der Waals surface area (Å²) >= 11 is 0. The van der Waals surface area contributed by atoms with Gasteiger partial charge in [-0.1, -0.05) is 12.8 Å². The number of aromatic nitrogens is 2. The highest BCUT2D eigenvalue weighted by Gasteiger charge is 2.26. The van der Waals surface area contributed by atoms with Crippen LogP contribution in [0, 0.1) is 5.92 Å². The van der Waals surface area contributed by atoms with Gasteiger partial charge in [0.2, 0.25) is 5.91 Å². The van der Waals surface area contributed by atoms with Gasteiger partial charge in [-0.15, -0.1) is 0 Å². The van der Waals surface area contributed by atoms with Crippen molar-refractivity contribution in [3.63, 3.8) is 0 Å². The fourth-order valence-electron chi connectivity index (χ4n) is 3.75. The summed E-state index contributed by atoms with van der Waals surface area (Å²) in [6, 6.07) is 6.07. The number of H-pyrrole nitrogens is 1. The van der Waals surface area contributed by atoms with E-state index in [1.807, 2.05) is 18.2 Å². The monoisotopic (exact) mass is 312 g/mol. The van der Waals surface area contributed by atoms with Crippen molar-refractivity contribution in [2.24, 2.45) is 11.7 Å². The van der Waals surface area contributed by atoms with Gasteiger partial charge in [-0.05, 0) is 49.8 Å². The van der Waals surface area contributed by atoms with Crippen molar-refractivity contribution in [1.82, 2.24) is 9.97 Å². The van der Waals surface area contributed by atoms with Crippen molar-refractivity contribution in [2.45, 2.75) is 56.9 Å². The van der Waals surface area contributed by atoms with Crippen LogP contribution in [0.15, 0.2) is 18.2 Å². The van der Waals surface area contributed by atoms with Gasteiger partial charge in [0, 0.05) is 24.1 Å². The molecule has 4 N–H and O–H groups in total. The van der Waals surface area contributed by atoms with E-state index in [-0.39, 0.29) is 11.9 Å². The lowest BCUT2D eigenvalue weighted by molar-refractivity contribution is -0.117. The zero-order valence-electron chi connectivity index (χ0n) is 13.3. The molecule has 0 spiro atoms. The summed E-state index contributed by atoms with van der Waals surface area (Å²) < 4.78 is 0. The topological polar surface area (TPSA) is 83.8 Å². The minimum absolute atomic E-state index is 0.0606. The molecule has 2 saturated carbocycles. The zero-order valence-corrected chi connectivity index (χ0v) is 13.3. The number of anilines is 1. The highest BCUT2D eigenvalue weighted by atomic mass is 16.1. The highest BCUT2D eigenvalue weighted by molar-refractivity contribution is 5.93. The number of fused-ring (bicyclic) bond motifs is 1. The van der Waals surface area contributed by atoms with Gasteiger partial charge < -0.3 is 16.0 Å². The molecule has 23 heavy (non-hydrogen) atoms. The third-order valence-corrected chi connectivity index (χ3v) is 5.44. The molecule has 122 valence electrons. The Balaban J connectivity index is 1.44. The van der Waals surface area contributed by atoms with Crippen molar-refractivity contribution >= 4 is 22.6 Å². The summed E-state index contributed by atoms with van der Waals surface area (Å²) in [6.07, 6.45) is 7.53. The third-order valence-electron chi connectivity index (χ3n) is 5.44. The average Bonchev–Trinajstić information content (AvgIpc) is 3.03. The van der Waals surface area contributed by atoms with Crippen molar-refractivity contribution < 1.29 is 4.79 Å². The predicted molar refractivity (Wildman–Crippen MR) is 91.2 cm³/mol.